The number of amides is 2. The molecule has 7 heteroatoms. The molecule has 2 aromatic rings. The van der Waals surface area contributed by atoms with Crippen LogP contribution in [0.25, 0.3) is 0 Å². The minimum atomic E-state index is -0.300. The number of nitrogens with one attached hydrogen (secondary N) is 2. The van der Waals surface area contributed by atoms with Crippen molar-refractivity contribution in [3.05, 3.63) is 30.5 Å². The van der Waals surface area contributed by atoms with Crippen LogP contribution in [0.15, 0.2) is 24.7 Å². The van der Waals surface area contributed by atoms with E-state index in [9.17, 15) is 9.59 Å². The van der Waals surface area contributed by atoms with Gasteiger partial charge in [0.1, 0.15) is 5.82 Å². The lowest BCUT2D eigenvalue weighted by molar-refractivity contribution is -0.105. The van der Waals surface area contributed by atoms with Gasteiger partial charge in [0.05, 0.1) is 5.69 Å². The molecule has 0 bridgehead atoms. The van der Waals surface area contributed by atoms with Gasteiger partial charge in [0.15, 0.2) is 5.82 Å². The molecule has 2 N–H and O–H groups in total. The molecule has 0 aliphatic carbocycles. The lowest BCUT2D eigenvalue weighted by atomic mass is 10.4. The summed E-state index contributed by atoms with van der Waals surface area (Å²) in [6, 6.07) is 1.66. The summed E-state index contributed by atoms with van der Waals surface area (Å²) < 4.78 is 3.32. The van der Waals surface area contributed by atoms with Gasteiger partial charge in [-0.2, -0.15) is 0 Å². The average molecular weight is 247 g/mol. The molecule has 18 heavy (non-hydrogen) atoms. The van der Waals surface area contributed by atoms with Crippen LogP contribution in [0.1, 0.15) is 10.6 Å². The lowest BCUT2D eigenvalue weighted by Crippen LogP contribution is -2.16. The largest absolute Gasteiger partial charge is 0.335 e. The molecule has 0 fully saturated rings. The van der Waals surface area contributed by atoms with Gasteiger partial charge in [0.25, 0.3) is 5.91 Å². The summed E-state index contributed by atoms with van der Waals surface area (Å²) in [6.45, 7) is 0. The molecule has 7 nitrogen and oxygen atoms in total. The number of aryl methyl sites for hydroxylation is 2. The third-order valence-corrected chi connectivity index (χ3v) is 2.49. The highest BCUT2D eigenvalue weighted by atomic mass is 16.2. The predicted octanol–water partition coefficient (Wildman–Crippen LogP) is 0.579. The standard InChI is InChI=1S/C11H13N5O2/c1-15-4-3-12-10(15)11(18)14-8-5-9(13-7-17)16(2)6-8/h3-7H,1-2H3,(H,13,17)(H,14,18). The highest BCUT2D eigenvalue weighted by Crippen LogP contribution is 2.17. The Kier molecular flexibility index (Phi) is 3.13. The van der Waals surface area contributed by atoms with E-state index in [4.69, 9.17) is 0 Å². The minimum absolute atomic E-state index is 0.300. The first-order valence-electron chi connectivity index (χ1n) is 5.27. The summed E-state index contributed by atoms with van der Waals surface area (Å²) in [7, 11) is 3.51. The zero-order chi connectivity index (χ0) is 13.1. The van der Waals surface area contributed by atoms with Crippen LogP contribution in [0.5, 0.6) is 0 Å². The fraction of sp³-hybridized carbons (Fsp3) is 0.182. The highest BCUT2D eigenvalue weighted by Gasteiger charge is 2.12. The molecule has 0 aromatic carbocycles. The minimum Gasteiger partial charge on any atom is -0.335 e. The molecular formula is C11H13N5O2. The Hall–Kier alpha value is -2.57. The summed E-state index contributed by atoms with van der Waals surface area (Å²) in [5, 5.41) is 5.23. The Labute approximate surface area is 103 Å². The Morgan fingerprint density at radius 2 is 2.17 bits per heavy atom. The molecule has 94 valence electrons. The van der Waals surface area contributed by atoms with Crippen molar-refractivity contribution in [2.24, 2.45) is 14.1 Å². The van der Waals surface area contributed by atoms with E-state index in [1.807, 2.05) is 0 Å². The summed E-state index contributed by atoms with van der Waals surface area (Å²) in [5.74, 6) is 0.620. The third-order valence-electron chi connectivity index (χ3n) is 2.49. The van der Waals surface area contributed by atoms with Gasteiger partial charge in [-0.15, -0.1) is 0 Å². The van der Waals surface area contributed by atoms with E-state index in [2.05, 4.69) is 15.6 Å². The quantitative estimate of drug-likeness (QED) is 0.775. The maximum atomic E-state index is 11.9. The van der Waals surface area contributed by atoms with E-state index in [1.54, 1.807) is 47.9 Å². The zero-order valence-electron chi connectivity index (χ0n) is 10.0. The molecule has 0 spiro atoms. The van der Waals surface area contributed by atoms with E-state index >= 15 is 0 Å². The number of hydrogen-bond donors (Lipinski definition) is 2. The van der Waals surface area contributed by atoms with Crippen molar-refractivity contribution in [1.29, 1.82) is 0 Å². The molecule has 2 heterocycles. The molecule has 2 amide bonds. The number of rotatable bonds is 4. The first-order chi connectivity index (χ1) is 8.61. The Morgan fingerprint density at radius 3 is 2.78 bits per heavy atom. The number of aromatic nitrogens is 3. The highest BCUT2D eigenvalue weighted by molar-refractivity contribution is 6.02. The Bertz CT molecular complexity index is 584. The second-order valence-corrected chi connectivity index (χ2v) is 3.80. The van der Waals surface area contributed by atoms with Crippen molar-refractivity contribution < 1.29 is 9.59 Å². The van der Waals surface area contributed by atoms with Gasteiger partial charge in [0.2, 0.25) is 6.41 Å². The summed E-state index contributed by atoms with van der Waals surface area (Å²) in [5.41, 5.74) is 0.592. The topological polar surface area (TPSA) is 81.0 Å². The second-order valence-electron chi connectivity index (χ2n) is 3.80. The van der Waals surface area contributed by atoms with Crippen molar-refractivity contribution in [3.8, 4) is 0 Å². The van der Waals surface area contributed by atoms with E-state index < -0.39 is 0 Å². The van der Waals surface area contributed by atoms with Crippen LogP contribution in [0.4, 0.5) is 11.5 Å². The zero-order valence-corrected chi connectivity index (χ0v) is 10.0. The van der Waals surface area contributed by atoms with Gasteiger partial charge in [-0.3, -0.25) is 9.59 Å². The normalized spacial score (nSPS) is 10.1. The number of anilines is 2. The fourth-order valence-corrected chi connectivity index (χ4v) is 1.61. The summed E-state index contributed by atoms with van der Waals surface area (Å²) >= 11 is 0. The van der Waals surface area contributed by atoms with Crippen LogP contribution in [-0.4, -0.2) is 26.4 Å². The monoisotopic (exact) mass is 247 g/mol. The van der Waals surface area contributed by atoms with Gasteiger partial charge < -0.3 is 19.8 Å². The molecule has 0 radical (unpaired) electrons. The second kappa shape index (κ2) is 4.74. The van der Waals surface area contributed by atoms with E-state index in [0.29, 0.717) is 23.7 Å². The molecule has 0 atom stereocenters. The molecule has 0 aliphatic rings. The van der Waals surface area contributed by atoms with Crippen molar-refractivity contribution in [2.75, 3.05) is 10.6 Å². The van der Waals surface area contributed by atoms with Crippen LogP contribution in [-0.2, 0) is 18.9 Å². The molecule has 0 saturated carbocycles. The maximum Gasteiger partial charge on any atom is 0.291 e. The van der Waals surface area contributed by atoms with Gasteiger partial charge in [-0.05, 0) is 0 Å². The van der Waals surface area contributed by atoms with Gasteiger partial charge in [0, 0.05) is 38.8 Å². The molecule has 0 unspecified atom stereocenters. The summed E-state index contributed by atoms with van der Waals surface area (Å²) in [4.78, 5) is 26.2. The van der Waals surface area contributed by atoms with Gasteiger partial charge in [-0.25, -0.2) is 4.98 Å². The first kappa shape index (κ1) is 11.9. The van der Waals surface area contributed by atoms with Crippen LogP contribution in [0.2, 0.25) is 0 Å². The number of hydrogen-bond acceptors (Lipinski definition) is 3. The number of imidazole rings is 1. The van der Waals surface area contributed by atoms with Gasteiger partial charge >= 0.3 is 0 Å². The smallest absolute Gasteiger partial charge is 0.291 e. The van der Waals surface area contributed by atoms with Crippen molar-refractivity contribution in [1.82, 2.24) is 14.1 Å². The molecule has 0 aliphatic heterocycles. The maximum absolute atomic E-state index is 11.9. The van der Waals surface area contributed by atoms with Crippen LogP contribution in [0.3, 0.4) is 0 Å². The van der Waals surface area contributed by atoms with E-state index in [-0.39, 0.29) is 5.91 Å². The van der Waals surface area contributed by atoms with Crippen molar-refractivity contribution >= 4 is 23.8 Å². The predicted molar refractivity (Wildman–Crippen MR) is 66.3 cm³/mol. The summed E-state index contributed by atoms with van der Waals surface area (Å²) in [6.07, 6.45) is 5.53. The van der Waals surface area contributed by atoms with Gasteiger partial charge in [-0.1, -0.05) is 0 Å². The van der Waals surface area contributed by atoms with E-state index in [0.717, 1.165) is 0 Å². The number of carbonyl (C=O) groups excluding carboxylic acids is 2. The number of nitrogens with zero attached hydrogens (tertiary/aromatic N) is 3. The van der Waals surface area contributed by atoms with Crippen LogP contribution in [0, 0.1) is 0 Å². The van der Waals surface area contributed by atoms with Crippen molar-refractivity contribution in [2.45, 2.75) is 0 Å². The third kappa shape index (κ3) is 2.24. The fourth-order valence-electron chi connectivity index (χ4n) is 1.61. The molecule has 0 saturated heterocycles. The van der Waals surface area contributed by atoms with Crippen molar-refractivity contribution in [3.63, 3.8) is 0 Å². The molecular weight excluding hydrogens is 234 g/mol. The van der Waals surface area contributed by atoms with E-state index in [1.165, 1.54) is 0 Å². The first-order valence-corrected chi connectivity index (χ1v) is 5.27. The Morgan fingerprint density at radius 1 is 1.39 bits per heavy atom. The molecule has 2 aromatic heterocycles. The van der Waals surface area contributed by atoms with Crippen LogP contribution >= 0.6 is 0 Å². The van der Waals surface area contributed by atoms with Crippen LogP contribution < -0.4 is 10.6 Å². The Balaban J connectivity index is 2.15. The molecule has 2 rings (SSSR count). The average Bonchev–Trinajstić information content (AvgIpc) is 2.87. The number of carbonyl (C=O) groups is 2. The SMILES string of the molecule is Cn1cc(NC(=O)c2nccn2C)cc1NC=O. The lowest BCUT2D eigenvalue weighted by Gasteiger charge is -2.01.